The summed E-state index contributed by atoms with van der Waals surface area (Å²) in [6, 6.07) is 23.3. The molecule has 0 amide bonds. The summed E-state index contributed by atoms with van der Waals surface area (Å²) in [5.74, 6) is 1.91. The van der Waals surface area contributed by atoms with E-state index in [9.17, 15) is 0 Å². The van der Waals surface area contributed by atoms with Gasteiger partial charge in [0, 0.05) is 30.6 Å². The summed E-state index contributed by atoms with van der Waals surface area (Å²) in [4.78, 5) is 8.93. The molecule has 0 spiro atoms. The van der Waals surface area contributed by atoms with E-state index in [2.05, 4.69) is 51.2 Å². The molecule has 5 rings (SSSR count). The maximum Gasteiger partial charge on any atom is 0.148 e. The number of hydrogen-bond acceptors (Lipinski definition) is 4. The summed E-state index contributed by atoms with van der Waals surface area (Å²) in [6.45, 7) is 3.80. The monoisotopic (exact) mass is 403 g/mol. The van der Waals surface area contributed by atoms with Crippen LogP contribution in [0.5, 0.6) is 5.75 Å². The van der Waals surface area contributed by atoms with Gasteiger partial charge in [0.25, 0.3) is 0 Å². The fraction of sp³-hybridized carbons (Fsp3) is 0.292. The van der Waals surface area contributed by atoms with E-state index >= 15 is 0 Å². The molecule has 1 saturated heterocycles. The van der Waals surface area contributed by atoms with Crippen molar-refractivity contribution < 1.29 is 4.74 Å². The van der Waals surface area contributed by atoms with Crippen LogP contribution in [0.4, 0.5) is 0 Å². The van der Waals surface area contributed by atoms with Crippen LogP contribution >= 0.6 is 11.3 Å². The molecule has 0 aliphatic carbocycles. The minimum Gasteiger partial charge on any atom is -0.486 e. The Morgan fingerprint density at radius 3 is 2.52 bits per heavy atom. The van der Waals surface area contributed by atoms with Crippen LogP contribution in [0.3, 0.4) is 0 Å². The number of benzene rings is 2. The van der Waals surface area contributed by atoms with Gasteiger partial charge in [-0.15, -0.1) is 11.3 Å². The van der Waals surface area contributed by atoms with E-state index in [1.54, 1.807) is 0 Å². The van der Waals surface area contributed by atoms with Crippen LogP contribution in [0.15, 0.2) is 72.1 Å². The maximum atomic E-state index is 6.05. The molecule has 3 heterocycles. The molecule has 1 aliphatic heterocycles. The Kier molecular flexibility index (Phi) is 5.33. The van der Waals surface area contributed by atoms with Gasteiger partial charge >= 0.3 is 0 Å². The van der Waals surface area contributed by atoms with Gasteiger partial charge < -0.3 is 9.30 Å². The first-order valence-corrected chi connectivity index (χ1v) is 11.1. The largest absolute Gasteiger partial charge is 0.486 e. The number of likely N-dealkylation sites (tertiary alicyclic amines) is 1. The molecule has 0 saturated carbocycles. The molecular formula is C24H25N3OS. The number of imidazole rings is 1. The van der Waals surface area contributed by atoms with Crippen molar-refractivity contribution >= 4 is 22.4 Å². The second-order valence-corrected chi connectivity index (χ2v) is 8.61. The first kappa shape index (κ1) is 18.4. The number of ether oxygens (including phenoxy) is 1. The van der Waals surface area contributed by atoms with Crippen LogP contribution in [-0.4, -0.2) is 27.5 Å². The van der Waals surface area contributed by atoms with Crippen LogP contribution in [0.25, 0.3) is 11.0 Å². The standard InChI is InChI=1S/C24H25N3OS/c1-2-7-20(8-3-1)28-18-24-25-22-10-4-5-11-23(22)27(24)19-12-14-26(15-13-19)17-21-9-6-16-29-21/h1-11,16,19H,12-15,17-18H2. The number of piperidine rings is 1. The van der Waals surface area contributed by atoms with Crippen molar-refractivity contribution in [3.63, 3.8) is 0 Å². The van der Waals surface area contributed by atoms with E-state index in [4.69, 9.17) is 9.72 Å². The third-order valence-corrected chi connectivity index (χ3v) is 6.52. The smallest absolute Gasteiger partial charge is 0.148 e. The second kappa shape index (κ2) is 8.39. The maximum absolute atomic E-state index is 6.05. The Morgan fingerprint density at radius 2 is 1.72 bits per heavy atom. The van der Waals surface area contributed by atoms with Crippen LogP contribution in [0.2, 0.25) is 0 Å². The van der Waals surface area contributed by atoms with Gasteiger partial charge in [0.1, 0.15) is 18.2 Å². The summed E-state index contributed by atoms with van der Waals surface area (Å²) >= 11 is 1.85. The molecule has 2 aromatic carbocycles. The Labute approximate surface area is 175 Å². The molecule has 1 aliphatic rings. The number of aromatic nitrogens is 2. The Morgan fingerprint density at radius 1 is 0.931 bits per heavy atom. The van der Waals surface area contributed by atoms with E-state index in [1.807, 2.05) is 41.7 Å². The number of nitrogens with zero attached hydrogens (tertiary/aromatic N) is 3. The number of rotatable bonds is 6. The summed E-state index contributed by atoms with van der Waals surface area (Å²) in [7, 11) is 0. The molecule has 0 atom stereocenters. The molecular weight excluding hydrogens is 378 g/mol. The zero-order chi connectivity index (χ0) is 19.5. The van der Waals surface area contributed by atoms with Crippen LogP contribution in [-0.2, 0) is 13.2 Å². The molecule has 5 heteroatoms. The lowest BCUT2D eigenvalue weighted by atomic mass is 10.0. The van der Waals surface area contributed by atoms with E-state index in [0.717, 1.165) is 49.6 Å². The lowest BCUT2D eigenvalue weighted by molar-refractivity contribution is 0.177. The van der Waals surface area contributed by atoms with Gasteiger partial charge in [0.15, 0.2) is 0 Å². The first-order chi connectivity index (χ1) is 14.4. The highest BCUT2D eigenvalue weighted by molar-refractivity contribution is 7.09. The molecule has 148 valence electrons. The molecule has 2 aromatic heterocycles. The number of thiophene rings is 1. The van der Waals surface area contributed by atoms with Crippen molar-refractivity contribution in [2.75, 3.05) is 13.1 Å². The van der Waals surface area contributed by atoms with Crippen molar-refractivity contribution in [2.45, 2.75) is 32.0 Å². The van der Waals surface area contributed by atoms with Gasteiger partial charge in [-0.25, -0.2) is 4.98 Å². The lowest BCUT2D eigenvalue weighted by Gasteiger charge is -2.33. The molecule has 4 aromatic rings. The third-order valence-electron chi connectivity index (χ3n) is 5.66. The minimum absolute atomic E-state index is 0.469. The molecule has 1 fully saturated rings. The summed E-state index contributed by atoms with van der Waals surface area (Å²) in [5.41, 5.74) is 2.27. The Balaban J connectivity index is 1.34. The van der Waals surface area contributed by atoms with Gasteiger partial charge in [0.05, 0.1) is 11.0 Å². The lowest BCUT2D eigenvalue weighted by Crippen LogP contribution is -2.34. The van der Waals surface area contributed by atoms with E-state index in [1.165, 1.54) is 10.4 Å². The molecule has 0 bridgehead atoms. The average Bonchev–Trinajstić information content (AvgIpc) is 3.41. The highest BCUT2D eigenvalue weighted by atomic mass is 32.1. The summed E-state index contributed by atoms with van der Waals surface area (Å²) < 4.78 is 8.48. The topological polar surface area (TPSA) is 30.3 Å². The zero-order valence-electron chi connectivity index (χ0n) is 16.4. The number of hydrogen-bond donors (Lipinski definition) is 0. The quantitative estimate of drug-likeness (QED) is 0.425. The molecule has 0 N–H and O–H groups in total. The van der Waals surface area contributed by atoms with E-state index in [-0.39, 0.29) is 0 Å². The Bertz CT molecular complexity index is 1050. The highest BCUT2D eigenvalue weighted by Gasteiger charge is 2.25. The van der Waals surface area contributed by atoms with Gasteiger partial charge in [0.2, 0.25) is 0 Å². The number of fused-ring (bicyclic) bond motifs is 1. The van der Waals surface area contributed by atoms with Crippen LogP contribution < -0.4 is 4.74 Å². The van der Waals surface area contributed by atoms with Crippen molar-refractivity contribution in [1.29, 1.82) is 0 Å². The molecule has 4 nitrogen and oxygen atoms in total. The van der Waals surface area contributed by atoms with E-state index in [0.29, 0.717) is 12.6 Å². The number of para-hydroxylation sites is 3. The first-order valence-electron chi connectivity index (χ1n) is 10.3. The minimum atomic E-state index is 0.469. The summed E-state index contributed by atoms with van der Waals surface area (Å²) in [5, 5.41) is 2.17. The predicted octanol–water partition coefficient (Wildman–Crippen LogP) is 5.51. The van der Waals surface area contributed by atoms with Gasteiger partial charge in [-0.3, -0.25) is 4.90 Å². The van der Waals surface area contributed by atoms with Crippen molar-refractivity contribution in [2.24, 2.45) is 0 Å². The van der Waals surface area contributed by atoms with Gasteiger partial charge in [-0.1, -0.05) is 36.4 Å². The van der Waals surface area contributed by atoms with Crippen molar-refractivity contribution in [3.05, 3.63) is 82.8 Å². The average molecular weight is 404 g/mol. The van der Waals surface area contributed by atoms with Crippen molar-refractivity contribution in [1.82, 2.24) is 14.5 Å². The SMILES string of the molecule is c1ccc(OCc2nc3ccccc3n2C2CCN(Cc3cccs3)CC2)cc1. The van der Waals surface area contributed by atoms with Crippen LogP contribution in [0.1, 0.15) is 29.6 Å². The van der Waals surface area contributed by atoms with Gasteiger partial charge in [-0.05, 0) is 48.6 Å². The fourth-order valence-electron chi connectivity index (χ4n) is 4.23. The fourth-order valence-corrected chi connectivity index (χ4v) is 4.97. The zero-order valence-corrected chi connectivity index (χ0v) is 17.2. The normalized spacial score (nSPS) is 15.7. The molecule has 0 radical (unpaired) electrons. The summed E-state index contributed by atoms with van der Waals surface area (Å²) in [6.07, 6.45) is 2.29. The van der Waals surface area contributed by atoms with Crippen molar-refractivity contribution in [3.8, 4) is 5.75 Å². The third kappa shape index (κ3) is 4.07. The second-order valence-electron chi connectivity index (χ2n) is 7.58. The molecule has 0 unspecified atom stereocenters. The van der Waals surface area contributed by atoms with E-state index < -0.39 is 0 Å². The predicted molar refractivity (Wildman–Crippen MR) is 118 cm³/mol. The molecule has 29 heavy (non-hydrogen) atoms. The van der Waals surface area contributed by atoms with Gasteiger partial charge in [-0.2, -0.15) is 0 Å². The Hall–Kier alpha value is -2.63. The van der Waals surface area contributed by atoms with Crippen LogP contribution in [0, 0.1) is 0 Å². The highest BCUT2D eigenvalue weighted by Crippen LogP contribution is 2.30.